The standard InChI is InChI=1S/C12H17.2C7H7.Zr/c1-2-6-11(7-3-1)10-12-8-4-5-9-12;2*1-7-5-3-2-4-6-7;/h4,8,11H,1-3,5-7,10H2;2*2-6H,1H2;. The van der Waals surface area contributed by atoms with Crippen LogP contribution in [0, 0.1) is 5.92 Å². The van der Waals surface area contributed by atoms with Crippen molar-refractivity contribution in [3.05, 3.63) is 92.8 Å². The Kier molecular flexibility index (Phi) is 6.97. The number of benzene rings is 2. The molecular weight excluding hydrogens is 404 g/mol. The Morgan fingerprint density at radius 1 is 0.741 bits per heavy atom. The number of allylic oxidation sites excluding steroid dienone is 4. The average Bonchev–Trinajstić information content (AvgIpc) is 3.18. The normalized spacial score (nSPS) is 17.5. The summed E-state index contributed by atoms with van der Waals surface area (Å²) >= 11 is -1.75. The maximum atomic E-state index is 2.50. The predicted octanol–water partition coefficient (Wildman–Crippen LogP) is 7.19. The van der Waals surface area contributed by atoms with E-state index >= 15 is 0 Å². The molecule has 4 rings (SSSR count). The Hall–Kier alpha value is -1.20. The van der Waals surface area contributed by atoms with Gasteiger partial charge in [-0.3, -0.25) is 0 Å². The van der Waals surface area contributed by atoms with Crippen molar-refractivity contribution in [2.45, 2.75) is 53.2 Å². The van der Waals surface area contributed by atoms with Gasteiger partial charge in [0.05, 0.1) is 0 Å². The van der Waals surface area contributed by atoms with Gasteiger partial charge in [-0.2, -0.15) is 0 Å². The molecule has 2 aliphatic rings. The molecule has 27 heavy (non-hydrogen) atoms. The van der Waals surface area contributed by atoms with Gasteiger partial charge in [-0.25, -0.2) is 0 Å². The minimum absolute atomic E-state index is 0.949. The van der Waals surface area contributed by atoms with Crippen molar-refractivity contribution in [1.82, 2.24) is 0 Å². The van der Waals surface area contributed by atoms with E-state index in [1.807, 2.05) is 3.28 Å². The monoisotopic (exact) mass is 433 g/mol. The first-order valence-corrected chi connectivity index (χ1v) is 15.4. The van der Waals surface area contributed by atoms with Crippen LogP contribution in [0.25, 0.3) is 0 Å². The van der Waals surface area contributed by atoms with E-state index in [1.54, 1.807) is 16.7 Å². The molecule has 0 radical (unpaired) electrons. The molecule has 2 aliphatic carbocycles. The quantitative estimate of drug-likeness (QED) is 0.432. The summed E-state index contributed by atoms with van der Waals surface area (Å²) in [4.78, 5) is 0. The molecule has 0 heterocycles. The maximum absolute atomic E-state index is 2.50. The van der Waals surface area contributed by atoms with Crippen LogP contribution in [-0.2, 0) is 30.0 Å². The van der Waals surface area contributed by atoms with Crippen molar-refractivity contribution in [2.24, 2.45) is 5.92 Å². The van der Waals surface area contributed by atoms with Gasteiger partial charge >= 0.3 is 174 Å². The van der Waals surface area contributed by atoms with E-state index in [-0.39, 0.29) is 0 Å². The van der Waals surface area contributed by atoms with E-state index in [2.05, 4.69) is 72.8 Å². The molecule has 2 aromatic rings. The van der Waals surface area contributed by atoms with Gasteiger partial charge in [0.15, 0.2) is 0 Å². The molecule has 1 fully saturated rings. The SMILES string of the molecule is C1=CC(CC2CCCCC2)=[C]([Zr]([CH2]c2ccccc2)[CH2]c2ccccc2)C1. The Labute approximate surface area is 173 Å². The fraction of sp³-hybridized carbons (Fsp3) is 0.385. The first kappa shape index (κ1) is 19.1. The first-order valence-electron chi connectivity index (χ1n) is 10.7. The fourth-order valence-electron chi connectivity index (χ4n) is 4.78. The second-order valence-electron chi connectivity index (χ2n) is 8.25. The van der Waals surface area contributed by atoms with Gasteiger partial charge in [-0.15, -0.1) is 0 Å². The Morgan fingerprint density at radius 2 is 1.33 bits per heavy atom. The fourth-order valence-corrected chi connectivity index (χ4v) is 12.3. The summed E-state index contributed by atoms with van der Waals surface area (Å²) in [5, 5.41) is 0. The Bertz CT molecular complexity index is 725. The molecule has 0 saturated heterocycles. The third-order valence-corrected chi connectivity index (χ3v) is 13.7. The van der Waals surface area contributed by atoms with Gasteiger partial charge in [0, 0.05) is 0 Å². The van der Waals surface area contributed by atoms with Crippen LogP contribution in [0.4, 0.5) is 0 Å². The van der Waals surface area contributed by atoms with Crippen LogP contribution in [0.15, 0.2) is 81.7 Å². The van der Waals surface area contributed by atoms with E-state index in [9.17, 15) is 0 Å². The van der Waals surface area contributed by atoms with E-state index < -0.39 is 21.8 Å². The summed E-state index contributed by atoms with van der Waals surface area (Å²) in [7, 11) is 0. The van der Waals surface area contributed by atoms with Crippen LogP contribution >= 0.6 is 0 Å². The first-order chi connectivity index (χ1) is 13.4. The van der Waals surface area contributed by atoms with Gasteiger partial charge in [-0.05, 0) is 0 Å². The van der Waals surface area contributed by atoms with Crippen LogP contribution in [-0.4, -0.2) is 0 Å². The van der Waals surface area contributed by atoms with Crippen molar-refractivity contribution in [3.8, 4) is 0 Å². The van der Waals surface area contributed by atoms with Gasteiger partial charge in [0.2, 0.25) is 0 Å². The molecule has 0 N–H and O–H groups in total. The van der Waals surface area contributed by atoms with E-state index in [0.29, 0.717) is 0 Å². The van der Waals surface area contributed by atoms with Crippen LogP contribution in [0.3, 0.4) is 0 Å². The molecule has 0 bridgehead atoms. The van der Waals surface area contributed by atoms with Crippen LogP contribution in [0.5, 0.6) is 0 Å². The summed E-state index contributed by atoms with van der Waals surface area (Å²) in [5.74, 6) is 0.949. The van der Waals surface area contributed by atoms with Crippen LogP contribution in [0.2, 0.25) is 0 Å². The zero-order chi connectivity index (χ0) is 18.3. The third-order valence-electron chi connectivity index (χ3n) is 6.21. The molecule has 0 aliphatic heterocycles. The molecular formula is C26H31Zr. The topological polar surface area (TPSA) is 0 Å². The molecule has 0 aromatic heterocycles. The molecule has 139 valence electrons. The van der Waals surface area contributed by atoms with E-state index in [0.717, 1.165) is 5.92 Å². The van der Waals surface area contributed by atoms with Gasteiger partial charge in [0.1, 0.15) is 0 Å². The van der Waals surface area contributed by atoms with Gasteiger partial charge < -0.3 is 0 Å². The second-order valence-corrected chi connectivity index (χ2v) is 14.4. The summed E-state index contributed by atoms with van der Waals surface area (Å²) in [6.07, 6.45) is 14.9. The van der Waals surface area contributed by atoms with Gasteiger partial charge in [-0.1, -0.05) is 0 Å². The minimum atomic E-state index is -1.75. The van der Waals surface area contributed by atoms with Crippen molar-refractivity contribution < 1.29 is 21.8 Å². The number of hydrogen-bond acceptors (Lipinski definition) is 0. The second kappa shape index (κ2) is 9.83. The molecule has 1 heteroatoms. The predicted molar refractivity (Wildman–Crippen MR) is 112 cm³/mol. The van der Waals surface area contributed by atoms with Gasteiger partial charge in [0.25, 0.3) is 0 Å². The third kappa shape index (κ3) is 5.42. The molecule has 0 nitrogen and oxygen atoms in total. The summed E-state index contributed by atoms with van der Waals surface area (Å²) in [6, 6.07) is 22.5. The number of rotatable bonds is 7. The summed E-state index contributed by atoms with van der Waals surface area (Å²) in [6.45, 7) is 0. The van der Waals surface area contributed by atoms with Crippen molar-refractivity contribution in [2.75, 3.05) is 0 Å². The van der Waals surface area contributed by atoms with Crippen molar-refractivity contribution in [1.29, 1.82) is 0 Å². The molecule has 0 atom stereocenters. The van der Waals surface area contributed by atoms with Crippen molar-refractivity contribution >= 4 is 0 Å². The van der Waals surface area contributed by atoms with E-state index in [1.165, 1.54) is 53.2 Å². The van der Waals surface area contributed by atoms with Crippen molar-refractivity contribution in [3.63, 3.8) is 0 Å². The zero-order valence-electron chi connectivity index (χ0n) is 16.4. The summed E-state index contributed by atoms with van der Waals surface area (Å²) < 4.78 is 4.61. The molecule has 0 unspecified atom stereocenters. The molecule has 1 saturated carbocycles. The van der Waals surface area contributed by atoms with Crippen LogP contribution in [0.1, 0.15) is 56.1 Å². The molecule has 2 aromatic carbocycles. The zero-order valence-corrected chi connectivity index (χ0v) is 18.8. The molecule has 0 amide bonds. The van der Waals surface area contributed by atoms with Crippen LogP contribution < -0.4 is 0 Å². The molecule has 0 spiro atoms. The Morgan fingerprint density at radius 3 is 1.93 bits per heavy atom. The Balaban J connectivity index is 1.56. The summed E-state index contributed by atoms with van der Waals surface area (Å²) in [5.41, 5.74) is 4.86. The van der Waals surface area contributed by atoms with E-state index in [4.69, 9.17) is 0 Å². The number of hydrogen-bond donors (Lipinski definition) is 0. The average molecular weight is 435 g/mol.